The number of carbonyl (C=O) groups is 3. The van der Waals surface area contributed by atoms with Gasteiger partial charge in [-0.2, -0.15) is 0 Å². The fourth-order valence-corrected chi connectivity index (χ4v) is 3.52. The van der Waals surface area contributed by atoms with E-state index in [1.807, 2.05) is 12.1 Å². The molecule has 0 fully saturated rings. The van der Waals surface area contributed by atoms with E-state index < -0.39 is 17.9 Å². The molecule has 0 unspecified atom stereocenters. The van der Waals surface area contributed by atoms with Gasteiger partial charge in [0.15, 0.2) is 11.5 Å². The maximum Gasteiger partial charge on any atom is 0.338 e. The van der Waals surface area contributed by atoms with Gasteiger partial charge in [-0.3, -0.25) is 9.59 Å². The second-order valence-corrected chi connectivity index (χ2v) is 8.90. The van der Waals surface area contributed by atoms with Crippen molar-refractivity contribution in [1.82, 2.24) is 0 Å². The Morgan fingerprint density at radius 3 is 1.97 bits per heavy atom. The van der Waals surface area contributed by atoms with Crippen LogP contribution in [0, 0.1) is 11.8 Å². The minimum atomic E-state index is -0.448. The Bertz CT molecular complexity index is 1110. The molecule has 0 radical (unpaired) electrons. The highest BCUT2D eigenvalue weighted by Gasteiger charge is 2.24. The summed E-state index contributed by atoms with van der Waals surface area (Å²) in [6.07, 6.45) is 2.60. The second-order valence-electron chi connectivity index (χ2n) is 8.90. The Balaban J connectivity index is 2.03. The van der Waals surface area contributed by atoms with Gasteiger partial charge in [-0.25, -0.2) is 4.79 Å². The van der Waals surface area contributed by atoms with Crippen molar-refractivity contribution in [3.05, 3.63) is 53.6 Å². The first kappa shape index (κ1) is 24.2. The predicted molar refractivity (Wildman–Crippen MR) is 125 cm³/mol. The lowest BCUT2D eigenvalue weighted by molar-refractivity contribution is -0.140. The molecule has 2 aromatic rings. The zero-order valence-corrected chi connectivity index (χ0v) is 19.8. The van der Waals surface area contributed by atoms with E-state index in [-0.39, 0.29) is 23.3 Å². The van der Waals surface area contributed by atoms with Crippen LogP contribution in [-0.2, 0) is 27.2 Å². The van der Waals surface area contributed by atoms with Crippen LogP contribution in [0.3, 0.4) is 0 Å². The zero-order valence-electron chi connectivity index (χ0n) is 19.8. The van der Waals surface area contributed by atoms with E-state index >= 15 is 0 Å². The van der Waals surface area contributed by atoms with Crippen molar-refractivity contribution in [3.8, 4) is 28.4 Å². The van der Waals surface area contributed by atoms with Crippen LogP contribution in [-0.4, -0.2) is 17.9 Å². The number of fused-ring (bicyclic) bond motifs is 1. The Morgan fingerprint density at radius 2 is 1.36 bits per heavy atom. The summed E-state index contributed by atoms with van der Waals surface area (Å²) in [6.45, 7) is 12.2. The molecule has 0 heterocycles. The molecule has 3 rings (SSSR count). The third-order valence-electron chi connectivity index (χ3n) is 5.41. The van der Waals surface area contributed by atoms with Crippen LogP contribution < -0.4 is 14.2 Å². The quantitative estimate of drug-likeness (QED) is 0.317. The van der Waals surface area contributed by atoms with E-state index in [0.29, 0.717) is 11.3 Å². The fraction of sp³-hybridized carbons (Fsp3) is 0.370. The molecule has 0 bridgehead atoms. The Hall–Kier alpha value is -3.41. The normalized spacial score (nSPS) is 12.5. The molecule has 0 N–H and O–H groups in total. The third-order valence-corrected chi connectivity index (χ3v) is 5.41. The summed E-state index contributed by atoms with van der Waals surface area (Å²) in [7, 11) is 0. The molecule has 0 spiro atoms. The van der Waals surface area contributed by atoms with Gasteiger partial charge in [-0.1, -0.05) is 46.4 Å². The van der Waals surface area contributed by atoms with Crippen molar-refractivity contribution in [2.75, 3.05) is 0 Å². The predicted octanol–water partition coefficient (Wildman–Crippen LogP) is 5.45. The second kappa shape index (κ2) is 10.0. The van der Waals surface area contributed by atoms with Crippen molar-refractivity contribution in [2.24, 2.45) is 11.8 Å². The number of ether oxygens (including phenoxy) is 3. The summed E-state index contributed by atoms with van der Waals surface area (Å²) < 4.78 is 16.6. The largest absolute Gasteiger partial charge is 0.423 e. The van der Waals surface area contributed by atoms with E-state index in [1.165, 1.54) is 0 Å². The highest BCUT2D eigenvalue weighted by Crippen LogP contribution is 2.41. The van der Waals surface area contributed by atoms with Crippen LogP contribution in [0.5, 0.6) is 17.2 Å². The van der Waals surface area contributed by atoms with Gasteiger partial charge < -0.3 is 14.2 Å². The Labute approximate surface area is 194 Å². The highest BCUT2D eigenvalue weighted by atomic mass is 16.6. The summed E-state index contributed by atoms with van der Waals surface area (Å²) in [6, 6.07) is 8.88. The van der Waals surface area contributed by atoms with Crippen molar-refractivity contribution >= 4 is 17.9 Å². The van der Waals surface area contributed by atoms with Crippen molar-refractivity contribution < 1.29 is 28.6 Å². The zero-order chi connectivity index (χ0) is 24.3. The van der Waals surface area contributed by atoms with Crippen LogP contribution in [0.1, 0.15) is 52.2 Å². The van der Waals surface area contributed by atoms with Crippen molar-refractivity contribution in [2.45, 2.75) is 53.9 Å². The molecule has 1 aliphatic rings. The molecule has 174 valence electrons. The number of rotatable bonds is 7. The van der Waals surface area contributed by atoms with Gasteiger partial charge in [-0.05, 0) is 66.6 Å². The van der Waals surface area contributed by atoms with Gasteiger partial charge in [0.25, 0.3) is 0 Å². The summed E-state index contributed by atoms with van der Waals surface area (Å²) in [5.41, 5.74) is 4.21. The average molecular weight is 451 g/mol. The van der Waals surface area contributed by atoms with E-state index in [4.69, 9.17) is 14.2 Å². The molecule has 0 saturated heterocycles. The van der Waals surface area contributed by atoms with Gasteiger partial charge in [0.05, 0.1) is 11.8 Å². The van der Waals surface area contributed by atoms with Crippen LogP contribution in [0.2, 0.25) is 0 Å². The summed E-state index contributed by atoms with van der Waals surface area (Å²) in [5.74, 6) is -0.982. The monoisotopic (exact) mass is 450 g/mol. The van der Waals surface area contributed by atoms with Gasteiger partial charge in [0.1, 0.15) is 5.75 Å². The third kappa shape index (κ3) is 5.51. The lowest BCUT2D eigenvalue weighted by Gasteiger charge is -2.17. The number of hydrogen-bond acceptors (Lipinski definition) is 6. The number of hydrogen-bond donors (Lipinski definition) is 0. The molecule has 0 atom stereocenters. The molecule has 0 aliphatic heterocycles. The van der Waals surface area contributed by atoms with Gasteiger partial charge in [0.2, 0.25) is 0 Å². The van der Waals surface area contributed by atoms with Crippen LogP contribution in [0.25, 0.3) is 11.1 Å². The maximum atomic E-state index is 12.3. The molecule has 0 aromatic heterocycles. The first-order chi connectivity index (χ1) is 15.6. The first-order valence-electron chi connectivity index (χ1n) is 11.2. The topological polar surface area (TPSA) is 78.9 Å². The lowest BCUT2D eigenvalue weighted by atomic mass is 9.96. The van der Waals surface area contributed by atoms with E-state index in [9.17, 15) is 14.4 Å². The molecular weight excluding hydrogens is 420 g/mol. The SMILES string of the molecule is C=C(C)C(=O)Oc1ccc(-c2ccc(OC(=O)C(C)C)c(OC(=O)C(C)C)c2)c2c1CCC2. The molecule has 33 heavy (non-hydrogen) atoms. The molecule has 1 aliphatic carbocycles. The molecule has 6 nitrogen and oxygen atoms in total. The Kier molecular flexibility index (Phi) is 7.36. The van der Waals surface area contributed by atoms with Gasteiger partial charge in [0, 0.05) is 5.57 Å². The van der Waals surface area contributed by atoms with Crippen molar-refractivity contribution in [1.29, 1.82) is 0 Å². The van der Waals surface area contributed by atoms with Crippen LogP contribution in [0.15, 0.2) is 42.5 Å². The maximum absolute atomic E-state index is 12.3. The number of benzene rings is 2. The highest BCUT2D eigenvalue weighted by molar-refractivity contribution is 5.89. The molecule has 0 amide bonds. The molecule has 2 aromatic carbocycles. The smallest absolute Gasteiger partial charge is 0.338 e. The van der Waals surface area contributed by atoms with Gasteiger partial charge in [-0.15, -0.1) is 0 Å². The molecule has 6 heteroatoms. The first-order valence-corrected chi connectivity index (χ1v) is 11.2. The molecule has 0 saturated carbocycles. The fourth-order valence-electron chi connectivity index (χ4n) is 3.52. The van der Waals surface area contributed by atoms with Gasteiger partial charge >= 0.3 is 17.9 Å². The lowest BCUT2D eigenvalue weighted by Crippen LogP contribution is -2.18. The van der Waals surface area contributed by atoms with Crippen molar-refractivity contribution in [3.63, 3.8) is 0 Å². The minimum absolute atomic E-state index is 0.199. The summed E-state index contributed by atoms with van der Waals surface area (Å²) in [5, 5.41) is 0. The minimum Gasteiger partial charge on any atom is -0.423 e. The van der Waals surface area contributed by atoms with E-state index in [1.54, 1.807) is 52.8 Å². The standard InChI is InChI=1S/C27H30O6/c1-15(2)25(28)31-22-13-11-19(20-8-7-9-21(20)22)18-10-12-23(32-26(29)16(3)4)24(14-18)33-27(30)17(5)6/h10-14,16-17H,1,7-9H2,2-6H3. The molecular formula is C27H30O6. The summed E-state index contributed by atoms with van der Waals surface area (Å²) >= 11 is 0. The van der Waals surface area contributed by atoms with E-state index in [0.717, 1.165) is 41.5 Å². The summed E-state index contributed by atoms with van der Waals surface area (Å²) in [4.78, 5) is 36.5. The van der Waals surface area contributed by atoms with E-state index in [2.05, 4.69) is 6.58 Å². The van der Waals surface area contributed by atoms with Crippen LogP contribution >= 0.6 is 0 Å². The average Bonchev–Trinajstić information content (AvgIpc) is 3.25. The Morgan fingerprint density at radius 1 is 0.788 bits per heavy atom. The number of carbonyl (C=O) groups excluding carboxylic acids is 3. The number of esters is 3. The van der Waals surface area contributed by atoms with Crippen LogP contribution in [0.4, 0.5) is 0 Å².